The summed E-state index contributed by atoms with van der Waals surface area (Å²) in [6.07, 6.45) is -0.321. The lowest BCUT2D eigenvalue weighted by atomic mass is 10.3. The highest BCUT2D eigenvalue weighted by molar-refractivity contribution is 7.99. The van der Waals surface area contributed by atoms with Gasteiger partial charge in [-0.1, -0.05) is 11.8 Å². The molecule has 2 aromatic heterocycles. The number of carbonyl (C=O) groups excluding carboxylic acids is 1. The number of rotatable bonds is 9. The third-order valence-corrected chi connectivity index (χ3v) is 5.97. The molecule has 0 bridgehead atoms. The van der Waals surface area contributed by atoms with Crippen molar-refractivity contribution in [2.45, 2.75) is 31.7 Å². The van der Waals surface area contributed by atoms with Gasteiger partial charge in [0.05, 0.1) is 18.4 Å². The van der Waals surface area contributed by atoms with Gasteiger partial charge in [0.25, 0.3) is 0 Å². The summed E-state index contributed by atoms with van der Waals surface area (Å²) >= 11 is 2.61. The van der Waals surface area contributed by atoms with Crippen LogP contribution in [0.25, 0.3) is 0 Å². The molecule has 0 fully saturated rings. The standard InChI is InChI=1S/C20H21N5O3S2/c1-4-25-18(13(2)28-16-7-5-15(27-3)6-8-16)23-24-20(25)30-12-17(26)22-19-14(11-21)9-10-29-19/h5-10,13H,4,12H2,1-3H3,(H,22,26). The molecule has 0 saturated carbocycles. The number of aromatic nitrogens is 3. The first-order chi connectivity index (χ1) is 14.5. The lowest BCUT2D eigenvalue weighted by Crippen LogP contribution is -2.15. The van der Waals surface area contributed by atoms with Gasteiger partial charge in [0.15, 0.2) is 17.1 Å². The second kappa shape index (κ2) is 10.1. The van der Waals surface area contributed by atoms with Crippen LogP contribution < -0.4 is 14.8 Å². The summed E-state index contributed by atoms with van der Waals surface area (Å²) in [5, 5.41) is 23.3. The van der Waals surface area contributed by atoms with Crippen LogP contribution in [-0.2, 0) is 11.3 Å². The molecule has 1 unspecified atom stereocenters. The third kappa shape index (κ3) is 5.11. The highest BCUT2D eigenvalue weighted by atomic mass is 32.2. The molecule has 3 aromatic rings. The van der Waals surface area contributed by atoms with Crippen molar-refractivity contribution in [3.05, 3.63) is 47.1 Å². The van der Waals surface area contributed by atoms with Gasteiger partial charge in [-0.25, -0.2) is 0 Å². The minimum atomic E-state index is -0.321. The van der Waals surface area contributed by atoms with Gasteiger partial charge < -0.3 is 19.4 Å². The van der Waals surface area contributed by atoms with Crippen molar-refractivity contribution in [1.29, 1.82) is 5.26 Å². The molecule has 0 saturated heterocycles. The number of amides is 1. The van der Waals surface area contributed by atoms with Crippen LogP contribution in [0.1, 0.15) is 31.3 Å². The maximum atomic E-state index is 12.3. The normalized spacial score (nSPS) is 11.5. The van der Waals surface area contributed by atoms with Crippen molar-refractivity contribution >= 4 is 34.0 Å². The molecular formula is C20H21N5O3S2. The number of anilines is 1. The Balaban J connectivity index is 1.63. The molecule has 1 N–H and O–H groups in total. The second-order valence-corrected chi connectivity index (χ2v) is 7.99. The number of thiophene rings is 1. The Labute approximate surface area is 182 Å². The molecule has 0 spiro atoms. The fourth-order valence-electron chi connectivity index (χ4n) is 2.70. The monoisotopic (exact) mass is 443 g/mol. The fraction of sp³-hybridized carbons (Fsp3) is 0.300. The number of ether oxygens (including phenoxy) is 2. The molecule has 2 heterocycles. The highest BCUT2D eigenvalue weighted by Gasteiger charge is 2.20. The summed E-state index contributed by atoms with van der Waals surface area (Å²) in [7, 11) is 1.62. The Morgan fingerprint density at radius 3 is 2.70 bits per heavy atom. The van der Waals surface area contributed by atoms with Crippen LogP contribution in [-0.4, -0.2) is 33.5 Å². The summed E-state index contributed by atoms with van der Waals surface area (Å²) in [6, 6.07) is 11.1. The topological polar surface area (TPSA) is 102 Å². The molecule has 0 aliphatic rings. The molecule has 8 nitrogen and oxygen atoms in total. The number of thioether (sulfide) groups is 1. The quantitative estimate of drug-likeness (QED) is 0.497. The molecular weight excluding hydrogens is 422 g/mol. The lowest BCUT2D eigenvalue weighted by Gasteiger charge is -2.15. The molecule has 1 amide bonds. The fourth-order valence-corrected chi connectivity index (χ4v) is 4.27. The first kappa shape index (κ1) is 21.7. The summed E-state index contributed by atoms with van der Waals surface area (Å²) in [5.74, 6) is 2.10. The Bertz CT molecular complexity index is 1040. The molecule has 0 aliphatic heterocycles. The first-order valence-corrected chi connectivity index (χ1v) is 11.1. The molecule has 1 atom stereocenters. The van der Waals surface area contributed by atoms with Crippen LogP contribution >= 0.6 is 23.1 Å². The van der Waals surface area contributed by atoms with Crippen molar-refractivity contribution in [2.24, 2.45) is 0 Å². The second-order valence-electron chi connectivity index (χ2n) is 6.13. The van der Waals surface area contributed by atoms with E-state index in [4.69, 9.17) is 14.7 Å². The Kier molecular flexibility index (Phi) is 7.32. The van der Waals surface area contributed by atoms with Crippen LogP contribution in [0.2, 0.25) is 0 Å². The van der Waals surface area contributed by atoms with Crippen molar-refractivity contribution in [1.82, 2.24) is 14.8 Å². The zero-order valence-corrected chi connectivity index (χ0v) is 18.4. The number of nitrogens with one attached hydrogen (secondary N) is 1. The molecule has 30 heavy (non-hydrogen) atoms. The van der Waals surface area contributed by atoms with E-state index in [2.05, 4.69) is 21.6 Å². The van der Waals surface area contributed by atoms with Gasteiger partial charge in [-0.3, -0.25) is 4.79 Å². The summed E-state index contributed by atoms with van der Waals surface area (Å²) in [5.41, 5.74) is 0.460. The molecule has 0 radical (unpaired) electrons. The van der Waals surface area contributed by atoms with E-state index in [1.165, 1.54) is 23.1 Å². The average Bonchev–Trinajstić information content (AvgIpc) is 3.38. The van der Waals surface area contributed by atoms with Gasteiger partial charge in [-0.15, -0.1) is 21.5 Å². The Hall–Kier alpha value is -3.03. The van der Waals surface area contributed by atoms with E-state index in [0.717, 1.165) is 5.75 Å². The summed E-state index contributed by atoms with van der Waals surface area (Å²) < 4.78 is 13.1. The van der Waals surface area contributed by atoms with E-state index < -0.39 is 0 Å². The zero-order chi connectivity index (χ0) is 21.5. The lowest BCUT2D eigenvalue weighted by molar-refractivity contribution is -0.113. The minimum Gasteiger partial charge on any atom is -0.497 e. The van der Waals surface area contributed by atoms with Gasteiger partial charge in [-0.2, -0.15) is 5.26 Å². The number of benzene rings is 1. The number of methoxy groups -OCH3 is 1. The van der Waals surface area contributed by atoms with Crippen molar-refractivity contribution in [3.63, 3.8) is 0 Å². The molecule has 0 aliphatic carbocycles. The Morgan fingerprint density at radius 1 is 1.30 bits per heavy atom. The molecule has 3 rings (SSSR count). The van der Waals surface area contributed by atoms with Gasteiger partial charge >= 0.3 is 0 Å². The summed E-state index contributed by atoms with van der Waals surface area (Å²) in [4.78, 5) is 12.3. The molecule has 10 heteroatoms. The maximum absolute atomic E-state index is 12.3. The SMILES string of the molecule is CCn1c(SCC(=O)Nc2sccc2C#N)nnc1C(C)Oc1ccc(OC)cc1. The Morgan fingerprint density at radius 2 is 2.03 bits per heavy atom. The van der Waals surface area contributed by atoms with Crippen LogP contribution in [0.15, 0.2) is 40.9 Å². The number of hydrogen-bond donors (Lipinski definition) is 1. The molecule has 156 valence electrons. The number of carbonyl (C=O) groups is 1. The van der Waals surface area contributed by atoms with Gasteiger partial charge in [0.2, 0.25) is 5.91 Å². The van der Waals surface area contributed by atoms with Crippen molar-refractivity contribution in [2.75, 3.05) is 18.2 Å². The largest absolute Gasteiger partial charge is 0.497 e. The zero-order valence-electron chi connectivity index (χ0n) is 16.8. The molecule has 1 aromatic carbocycles. The third-order valence-electron chi connectivity index (χ3n) is 4.17. The first-order valence-electron chi connectivity index (χ1n) is 9.19. The van der Waals surface area contributed by atoms with E-state index in [0.29, 0.717) is 33.8 Å². The van der Waals surface area contributed by atoms with Gasteiger partial charge in [0.1, 0.15) is 22.6 Å². The van der Waals surface area contributed by atoms with Crippen LogP contribution in [0.4, 0.5) is 5.00 Å². The highest BCUT2D eigenvalue weighted by Crippen LogP contribution is 2.27. The van der Waals surface area contributed by atoms with E-state index in [9.17, 15) is 4.79 Å². The van der Waals surface area contributed by atoms with Crippen LogP contribution in [0.5, 0.6) is 11.5 Å². The van der Waals surface area contributed by atoms with Gasteiger partial charge in [-0.05, 0) is 49.6 Å². The number of nitriles is 1. The predicted octanol–water partition coefficient (Wildman–Crippen LogP) is 4.11. The summed E-state index contributed by atoms with van der Waals surface area (Å²) in [6.45, 7) is 4.54. The maximum Gasteiger partial charge on any atom is 0.235 e. The number of nitrogens with zero attached hydrogens (tertiary/aromatic N) is 4. The van der Waals surface area contributed by atoms with E-state index in [1.54, 1.807) is 18.6 Å². The van der Waals surface area contributed by atoms with Crippen LogP contribution in [0, 0.1) is 11.3 Å². The predicted molar refractivity (Wildman–Crippen MR) is 116 cm³/mol. The average molecular weight is 444 g/mol. The smallest absolute Gasteiger partial charge is 0.235 e. The van der Waals surface area contributed by atoms with E-state index >= 15 is 0 Å². The van der Waals surface area contributed by atoms with E-state index in [1.807, 2.05) is 42.7 Å². The van der Waals surface area contributed by atoms with Crippen molar-refractivity contribution < 1.29 is 14.3 Å². The van der Waals surface area contributed by atoms with Gasteiger partial charge in [0, 0.05) is 6.54 Å². The minimum absolute atomic E-state index is 0.161. The van der Waals surface area contributed by atoms with Crippen LogP contribution in [0.3, 0.4) is 0 Å². The van der Waals surface area contributed by atoms with Crippen molar-refractivity contribution in [3.8, 4) is 17.6 Å². The number of hydrogen-bond acceptors (Lipinski definition) is 8. The van der Waals surface area contributed by atoms with E-state index in [-0.39, 0.29) is 17.8 Å².